The average Bonchev–Trinajstić information content (AvgIpc) is 3.45. The normalized spacial score (nSPS) is 14.2. The maximum Gasteiger partial charge on any atom is 0.254 e. The number of piperazine rings is 1. The van der Waals surface area contributed by atoms with E-state index in [0.717, 1.165) is 22.8 Å². The molecule has 38 heavy (non-hydrogen) atoms. The summed E-state index contributed by atoms with van der Waals surface area (Å²) in [6, 6.07) is 16.6. The predicted octanol–water partition coefficient (Wildman–Crippen LogP) is 2.86. The highest BCUT2D eigenvalue weighted by Gasteiger charge is 2.26. The molecular formula is C28H29N5O5. The third-order valence-corrected chi connectivity index (χ3v) is 6.55. The topological polar surface area (TPSA) is 97.3 Å². The minimum absolute atomic E-state index is 0.0334. The Bertz CT molecular complexity index is 1320. The molecule has 10 heteroatoms. The smallest absolute Gasteiger partial charge is 0.254 e. The number of benzene rings is 2. The van der Waals surface area contributed by atoms with Gasteiger partial charge in [0.15, 0.2) is 17.3 Å². The van der Waals surface area contributed by atoms with Crippen molar-refractivity contribution in [1.82, 2.24) is 20.0 Å². The van der Waals surface area contributed by atoms with Gasteiger partial charge in [-0.05, 0) is 42.5 Å². The zero-order chi connectivity index (χ0) is 26.5. The summed E-state index contributed by atoms with van der Waals surface area (Å²) in [5, 5.41) is 8.79. The minimum Gasteiger partial charge on any atom is -0.497 e. The van der Waals surface area contributed by atoms with Crippen LogP contribution in [0.15, 0.2) is 67.3 Å². The molecule has 0 saturated carbocycles. The number of fused-ring (bicyclic) bond motifs is 1. The Morgan fingerprint density at radius 3 is 2.58 bits per heavy atom. The number of nitrogens with zero attached hydrogens (tertiary/aromatic N) is 5. The first-order valence-corrected chi connectivity index (χ1v) is 12.4. The molecule has 0 N–H and O–H groups in total. The summed E-state index contributed by atoms with van der Waals surface area (Å²) in [6.45, 7) is 6.39. The van der Waals surface area contributed by atoms with Crippen LogP contribution in [0.1, 0.15) is 10.4 Å². The lowest BCUT2D eigenvalue weighted by Crippen LogP contribution is -2.52. The molecule has 0 radical (unpaired) electrons. The number of rotatable bonds is 8. The van der Waals surface area contributed by atoms with Gasteiger partial charge in [0.2, 0.25) is 12.7 Å². The van der Waals surface area contributed by atoms with E-state index >= 15 is 0 Å². The molecule has 10 nitrogen and oxygen atoms in total. The highest BCUT2D eigenvalue weighted by Crippen LogP contribution is 2.33. The molecule has 1 saturated heterocycles. The number of hydrogen-bond donors (Lipinski definition) is 0. The zero-order valence-corrected chi connectivity index (χ0v) is 21.2. The summed E-state index contributed by atoms with van der Waals surface area (Å²) in [7, 11) is 1.63. The number of anilines is 1. The van der Waals surface area contributed by atoms with Gasteiger partial charge < -0.3 is 28.9 Å². The van der Waals surface area contributed by atoms with Gasteiger partial charge >= 0.3 is 0 Å². The van der Waals surface area contributed by atoms with Crippen molar-refractivity contribution in [2.75, 3.05) is 58.1 Å². The maximum atomic E-state index is 13.1. The van der Waals surface area contributed by atoms with Gasteiger partial charge in [-0.15, -0.1) is 16.8 Å². The second-order valence-electron chi connectivity index (χ2n) is 8.92. The Labute approximate surface area is 221 Å². The molecular weight excluding hydrogens is 486 g/mol. The molecule has 2 aromatic carbocycles. The molecule has 3 heterocycles. The van der Waals surface area contributed by atoms with E-state index in [1.807, 2.05) is 36.4 Å². The Balaban J connectivity index is 1.18. The zero-order valence-electron chi connectivity index (χ0n) is 21.2. The van der Waals surface area contributed by atoms with Crippen molar-refractivity contribution in [3.05, 3.63) is 72.8 Å². The highest BCUT2D eigenvalue weighted by molar-refractivity contribution is 5.97. The molecule has 1 aromatic heterocycles. The van der Waals surface area contributed by atoms with Gasteiger partial charge in [0.25, 0.3) is 5.91 Å². The van der Waals surface area contributed by atoms with Gasteiger partial charge in [0.05, 0.1) is 12.8 Å². The molecule has 0 bridgehead atoms. The third kappa shape index (κ3) is 5.39. The number of hydrogen-bond acceptors (Lipinski definition) is 8. The Kier molecular flexibility index (Phi) is 7.39. The van der Waals surface area contributed by atoms with Crippen molar-refractivity contribution in [3.63, 3.8) is 0 Å². The number of ether oxygens (including phenoxy) is 3. The van der Waals surface area contributed by atoms with Crippen LogP contribution in [-0.2, 0) is 4.79 Å². The van der Waals surface area contributed by atoms with Gasteiger partial charge in [-0.3, -0.25) is 9.59 Å². The first kappa shape index (κ1) is 25.1. The number of carbonyl (C=O) groups excluding carboxylic acids is 2. The molecule has 1 fully saturated rings. The molecule has 0 atom stereocenters. The van der Waals surface area contributed by atoms with Crippen LogP contribution in [0.4, 0.5) is 5.82 Å². The van der Waals surface area contributed by atoms with E-state index in [0.29, 0.717) is 43.2 Å². The molecule has 196 valence electrons. The van der Waals surface area contributed by atoms with Crippen LogP contribution in [0.5, 0.6) is 17.2 Å². The van der Waals surface area contributed by atoms with Crippen molar-refractivity contribution in [3.8, 4) is 28.5 Å². The largest absolute Gasteiger partial charge is 0.497 e. The van der Waals surface area contributed by atoms with Gasteiger partial charge in [0.1, 0.15) is 12.3 Å². The number of carbonyl (C=O) groups is 2. The van der Waals surface area contributed by atoms with Crippen molar-refractivity contribution >= 4 is 17.6 Å². The van der Waals surface area contributed by atoms with Crippen LogP contribution < -0.4 is 19.1 Å². The van der Waals surface area contributed by atoms with Crippen LogP contribution in [0.2, 0.25) is 0 Å². The first-order valence-electron chi connectivity index (χ1n) is 12.4. The maximum absolute atomic E-state index is 13.1. The van der Waals surface area contributed by atoms with E-state index in [2.05, 4.69) is 21.7 Å². The Morgan fingerprint density at radius 2 is 1.84 bits per heavy atom. The quantitative estimate of drug-likeness (QED) is 0.423. The fraction of sp³-hybridized carbons (Fsp3) is 0.286. The fourth-order valence-corrected chi connectivity index (χ4v) is 4.47. The predicted molar refractivity (Wildman–Crippen MR) is 141 cm³/mol. The van der Waals surface area contributed by atoms with Crippen molar-refractivity contribution in [2.24, 2.45) is 0 Å². The fourth-order valence-electron chi connectivity index (χ4n) is 4.47. The summed E-state index contributed by atoms with van der Waals surface area (Å²) < 4.78 is 16.0. The minimum atomic E-state index is -0.262. The van der Waals surface area contributed by atoms with Gasteiger partial charge in [-0.25, -0.2) is 0 Å². The molecule has 2 amide bonds. The summed E-state index contributed by atoms with van der Waals surface area (Å²) in [4.78, 5) is 31.6. The van der Waals surface area contributed by atoms with E-state index < -0.39 is 0 Å². The second-order valence-corrected chi connectivity index (χ2v) is 8.92. The van der Waals surface area contributed by atoms with E-state index in [1.54, 1.807) is 36.3 Å². The molecule has 3 aromatic rings. The lowest BCUT2D eigenvalue weighted by atomic mass is 10.1. The SMILES string of the molecule is C=CCN(CC(=O)N1CCN(c2ccc(-c3cccc(OC)c3)nn2)CC1)C(=O)c1ccc2c(c1)OCO2. The molecule has 5 rings (SSSR count). The van der Waals surface area contributed by atoms with Crippen LogP contribution >= 0.6 is 0 Å². The summed E-state index contributed by atoms with van der Waals surface area (Å²) >= 11 is 0. The van der Waals surface area contributed by atoms with Crippen LogP contribution in [0.25, 0.3) is 11.3 Å². The Morgan fingerprint density at radius 1 is 1.03 bits per heavy atom. The lowest BCUT2D eigenvalue weighted by molar-refractivity contribution is -0.132. The molecule has 0 unspecified atom stereocenters. The van der Waals surface area contributed by atoms with Gasteiger partial charge in [-0.2, -0.15) is 0 Å². The van der Waals surface area contributed by atoms with E-state index in [9.17, 15) is 9.59 Å². The molecule has 0 aliphatic carbocycles. The highest BCUT2D eigenvalue weighted by atomic mass is 16.7. The van der Waals surface area contributed by atoms with Gasteiger partial charge in [0, 0.05) is 43.9 Å². The average molecular weight is 516 g/mol. The lowest BCUT2D eigenvalue weighted by Gasteiger charge is -2.36. The first-order chi connectivity index (χ1) is 18.6. The second kappa shape index (κ2) is 11.2. The van der Waals surface area contributed by atoms with Crippen molar-refractivity contribution in [1.29, 1.82) is 0 Å². The standard InChI is InChI=1S/C28H29N5O5/c1-3-11-33(28(35)21-7-9-24-25(17-21)38-19-37-24)18-27(34)32-14-12-31(13-15-32)26-10-8-23(29-30-26)20-5-4-6-22(16-20)36-2/h3-10,16-17H,1,11-15,18-19H2,2H3. The number of aromatic nitrogens is 2. The van der Waals surface area contributed by atoms with E-state index in [-0.39, 0.29) is 31.7 Å². The van der Waals surface area contributed by atoms with E-state index in [4.69, 9.17) is 14.2 Å². The van der Waals surface area contributed by atoms with Gasteiger partial charge in [-0.1, -0.05) is 18.2 Å². The van der Waals surface area contributed by atoms with Crippen molar-refractivity contribution < 1.29 is 23.8 Å². The summed E-state index contributed by atoms with van der Waals surface area (Å²) in [5.74, 6) is 2.27. The monoisotopic (exact) mass is 515 g/mol. The van der Waals surface area contributed by atoms with Crippen molar-refractivity contribution in [2.45, 2.75) is 0 Å². The van der Waals surface area contributed by atoms with Crippen LogP contribution in [-0.4, -0.2) is 85.0 Å². The number of methoxy groups -OCH3 is 1. The summed E-state index contributed by atoms with van der Waals surface area (Å²) in [5.41, 5.74) is 2.12. The Hall–Kier alpha value is -4.60. The van der Waals surface area contributed by atoms with Crippen LogP contribution in [0.3, 0.4) is 0 Å². The van der Waals surface area contributed by atoms with Crippen LogP contribution in [0, 0.1) is 0 Å². The molecule has 2 aliphatic rings. The molecule has 2 aliphatic heterocycles. The number of amides is 2. The summed E-state index contributed by atoms with van der Waals surface area (Å²) in [6.07, 6.45) is 1.62. The third-order valence-electron chi connectivity index (χ3n) is 6.55. The molecule has 0 spiro atoms. The van der Waals surface area contributed by atoms with E-state index in [1.165, 1.54) is 4.90 Å².